The first-order valence-corrected chi connectivity index (χ1v) is 7.09. The highest BCUT2D eigenvalue weighted by molar-refractivity contribution is 7.15. The molecule has 1 N–H and O–H groups in total. The van der Waals surface area contributed by atoms with Crippen molar-refractivity contribution in [3.63, 3.8) is 0 Å². The number of benzene rings is 1. The molecule has 0 aliphatic heterocycles. The smallest absolute Gasteiger partial charge is 0.285 e. The van der Waals surface area contributed by atoms with Crippen LogP contribution in [0.2, 0.25) is 5.02 Å². The Morgan fingerprint density at radius 3 is 2.59 bits per heavy atom. The van der Waals surface area contributed by atoms with Gasteiger partial charge in [0.05, 0.1) is 5.69 Å². The third-order valence-corrected chi connectivity index (χ3v) is 3.77. The molecule has 3 aromatic rings. The summed E-state index contributed by atoms with van der Waals surface area (Å²) in [5.41, 5.74) is 1.41. The molecule has 0 spiro atoms. The molecule has 0 aliphatic rings. The molecule has 0 saturated carbocycles. The molecular weight excluding hydrogens is 341 g/mol. The van der Waals surface area contributed by atoms with Crippen molar-refractivity contribution < 1.29 is 18.0 Å². The summed E-state index contributed by atoms with van der Waals surface area (Å²) in [6.45, 7) is 0. The maximum absolute atomic E-state index is 12.2. The third-order valence-electron chi connectivity index (χ3n) is 2.70. The second-order valence-electron chi connectivity index (χ2n) is 4.21. The van der Waals surface area contributed by atoms with Gasteiger partial charge in [-0.1, -0.05) is 23.7 Å². The van der Waals surface area contributed by atoms with Gasteiger partial charge in [0.2, 0.25) is 4.96 Å². The molecule has 1 aromatic carbocycles. The molecule has 0 unspecified atom stereocenters. The van der Waals surface area contributed by atoms with Gasteiger partial charge < -0.3 is 0 Å². The summed E-state index contributed by atoms with van der Waals surface area (Å²) >= 11 is 7.00. The number of nitrogens with zero attached hydrogens (tertiary/aromatic N) is 3. The van der Waals surface area contributed by atoms with E-state index in [0.717, 1.165) is 5.56 Å². The van der Waals surface area contributed by atoms with Gasteiger partial charge in [0, 0.05) is 16.0 Å². The fourth-order valence-corrected chi connectivity index (χ4v) is 2.68. The molecular formula is C12H6ClF3N4OS. The summed E-state index contributed by atoms with van der Waals surface area (Å²) in [5, 5.41) is 7.82. The van der Waals surface area contributed by atoms with Crippen LogP contribution in [-0.2, 0) is 4.79 Å². The number of carbonyl (C=O) groups excluding carboxylic acids is 1. The van der Waals surface area contributed by atoms with Crippen molar-refractivity contribution in [2.24, 2.45) is 0 Å². The average Bonchev–Trinajstić information content (AvgIpc) is 2.98. The van der Waals surface area contributed by atoms with E-state index in [1.165, 1.54) is 15.9 Å². The SMILES string of the molecule is O=C(Nc1nc2scc(-c3ccc(Cl)cc3)n2n1)C(F)(F)F. The molecule has 0 saturated heterocycles. The van der Waals surface area contributed by atoms with Crippen LogP contribution in [0.5, 0.6) is 0 Å². The van der Waals surface area contributed by atoms with Crippen molar-refractivity contribution >= 4 is 39.8 Å². The van der Waals surface area contributed by atoms with Gasteiger partial charge in [-0.15, -0.1) is 16.4 Å². The fraction of sp³-hybridized carbons (Fsp3) is 0.0833. The van der Waals surface area contributed by atoms with Crippen molar-refractivity contribution in [1.82, 2.24) is 14.6 Å². The van der Waals surface area contributed by atoms with E-state index in [2.05, 4.69) is 10.1 Å². The van der Waals surface area contributed by atoms with Crippen molar-refractivity contribution in [3.05, 3.63) is 34.7 Å². The first-order valence-electron chi connectivity index (χ1n) is 5.83. The van der Waals surface area contributed by atoms with Crippen LogP contribution in [0.3, 0.4) is 0 Å². The highest BCUT2D eigenvalue weighted by Gasteiger charge is 2.39. The minimum Gasteiger partial charge on any atom is -0.285 e. The van der Waals surface area contributed by atoms with Crippen LogP contribution < -0.4 is 5.32 Å². The van der Waals surface area contributed by atoms with Gasteiger partial charge in [0.25, 0.3) is 5.95 Å². The largest absolute Gasteiger partial charge is 0.471 e. The van der Waals surface area contributed by atoms with Gasteiger partial charge in [-0.25, -0.2) is 4.52 Å². The molecule has 0 radical (unpaired) electrons. The molecule has 114 valence electrons. The molecule has 0 atom stereocenters. The zero-order valence-corrected chi connectivity index (χ0v) is 12.1. The molecule has 0 aliphatic carbocycles. The number of rotatable bonds is 2. The summed E-state index contributed by atoms with van der Waals surface area (Å²) < 4.78 is 38.0. The number of aromatic nitrogens is 3. The zero-order valence-electron chi connectivity index (χ0n) is 10.6. The van der Waals surface area contributed by atoms with E-state index in [-0.39, 0.29) is 0 Å². The van der Waals surface area contributed by atoms with Gasteiger partial charge in [-0.3, -0.25) is 10.1 Å². The lowest BCUT2D eigenvalue weighted by molar-refractivity contribution is -0.167. The van der Waals surface area contributed by atoms with E-state index in [1.807, 2.05) is 0 Å². The van der Waals surface area contributed by atoms with Crippen LogP contribution >= 0.6 is 22.9 Å². The van der Waals surface area contributed by atoms with Crippen molar-refractivity contribution in [3.8, 4) is 11.3 Å². The number of alkyl halides is 3. The maximum Gasteiger partial charge on any atom is 0.471 e. The van der Waals surface area contributed by atoms with Gasteiger partial charge in [-0.05, 0) is 12.1 Å². The second kappa shape index (κ2) is 5.25. The standard InChI is InChI=1S/C12H6ClF3N4OS/c13-7-3-1-6(2-4-7)8-5-22-11-18-10(19-20(8)11)17-9(21)12(14,15)16/h1-5H,(H,17,19,21). The summed E-state index contributed by atoms with van der Waals surface area (Å²) in [6.07, 6.45) is -4.99. The number of hydrogen-bond acceptors (Lipinski definition) is 4. The number of halogens is 4. The molecule has 5 nitrogen and oxygen atoms in total. The van der Waals surface area contributed by atoms with E-state index in [1.54, 1.807) is 35.0 Å². The molecule has 2 aromatic heterocycles. The van der Waals surface area contributed by atoms with Gasteiger partial charge >= 0.3 is 12.1 Å². The van der Waals surface area contributed by atoms with Gasteiger partial charge in [0.15, 0.2) is 0 Å². The van der Waals surface area contributed by atoms with Crippen molar-refractivity contribution in [2.75, 3.05) is 5.32 Å². The third kappa shape index (κ3) is 2.77. The maximum atomic E-state index is 12.2. The van der Waals surface area contributed by atoms with Crippen molar-refractivity contribution in [1.29, 1.82) is 0 Å². The van der Waals surface area contributed by atoms with Gasteiger partial charge in [0.1, 0.15) is 0 Å². The topological polar surface area (TPSA) is 59.3 Å². The first-order chi connectivity index (χ1) is 10.3. The number of thiazole rings is 1. The highest BCUT2D eigenvalue weighted by atomic mass is 35.5. The van der Waals surface area contributed by atoms with Crippen LogP contribution in [0.4, 0.5) is 19.1 Å². The molecule has 2 heterocycles. The van der Waals surface area contributed by atoms with E-state index in [4.69, 9.17) is 11.6 Å². The van der Waals surface area contributed by atoms with Crippen LogP contribution in [0.25, 0.3) is 16.2 Å². The van der Waals surface area contributed by atoms with E-state index in [9.17, 15) is 18.0 Å². The summed E-state index contributed by atoms with van der Waals surface area (Å²) in [5.74, 6) is -2.51. The van der Waals surface area contributed by atoms with Crippen molar-refractivity contribution in [2.45, 2.75) is 6.18 Å². The van der Waals surface area contributed by atoms with E-state index in [0.29, 0.717) is 15.7 Å². The van der Waals surface area contributed by atoms with Crippen LogP contribution in [0, 0.1) is 0 Å². The molecule has 3 rings (SSSR count). The number of fused-ring (bicyclic) bond motifs is 1. The number of amides is 1. The molecule has 0 bridgehead atoms. The van der Waals surface area contributed by atoms with Crippen LogP contribution in [0.1, 0.15) is 0 Å². The van der Waals surface area contributed by atoms with Gasteiger partial charge in [-0.2, -0.15) is 18.2 Å². The lowest BCUT2D eigenvalue weighted by Gasteiger charge is -2.03. The second-order valence-corrected chi connectivity index (χ2v) is 5.48. The number of carbonyl (C=O) groups is 1. The first kappa shape index (κ1) is 14.8. The summed E-state index contributed by atoms with van der Waals surface area (Å²) in [7, 11) is 0. The predicted molar refractivity (Wildman–Crippen MR) is 76.0 cm³/mol. The van der Waals surface area contributed by atoms with E-state index >= 15 is 0 Å². The minimum absolute atomic E-state index is 0.363. The summed E-state index contributed by atoms with van der Waals surface area (Å²) in [4.78, 5) is 15.1. The molecule has 22 heavy (non-hydrogen) atoms. The van der Waals surface area contributed by atoms with E-state index < -0.39 is 18.0 Å². The number of hydrogen-bond donors (Lipinski definition) is 1. The zero-order chi connectivity index (χ0) is 15.9. The Morgan fingerprint density at radius 1 is 1.27 bits per heavy atom. The minimum atomic E-state index is -4.99. The Morgan fingerprint density at radius 2 is 1.95 bits per heavy atom. The lowest BCUT2D eigenvalue weighted by Crippen LogP contribution is -2.30. The number of nitrogens with one attached hydrogen (secondary N) is 1. The monoisotopic (exact) mass is 346 g/mol. The lowest BCUT2D eigenvalue weighted by atomic mass is 10.2. The van der Waals surface area contributed by atoms with Crippen LogP contribution in [-0.4, -0.2) is 26.7 Å². The fourth-order valence-electron chi connectivity index (χ4n) is 1.73. The quantitative estimate of drug-likeness (QED) is 0.771. The molecule has 0 fully saturated rings. The van der Waals surface area contributed by atoms with Crippen LogP contribution in [0.15, 0.2) is 29.6 Å². The summed E-state index contributed by atoms with van der Waals surface area (Å²) in [6, 6.07) is 6.87. The average molecular weight is 347 g/mol. The Bertz CT molecular complexity index is 840. The Balaban J connectivity index is 1.95. The Kier molecular flexibility index (Phi) is 3.53. The molecule has 10 heteroatoms. The predicted octanol–water partition coefficient (Wildman–Crippen LogP) is 3.61. The highest BCUT2D eigenvalue weighted by Crippen LogP contribution is 2.27. The Hall–Kier alpha value is -2.13. The number of anilines is 1. The normalized spacial score (nSPS) is 11.8. The Labute approximate surface area is 130 Å². The molecule has 1 amide bonds.